The van der Waals surface area contributed by atoms with Crippen molar-refractivity contribution >= 4 is 0 Å². The Morgan fingerprint density at radius 1 is 1.32 bits per heavy atom. The lowest BCUT2D eigenvalue weighted by Gasteiger charge is -2.24. The Kier molecular flexibility index (Phi) is 4.70. The van der Waals surface area contributed by atoms with Gasteiger partial charge in [0.15, 0.2) is 11.5 Å². The molecule has 1 aliphatic rings. The molecule has 1 saturated carbocycles. The smallest absolute Gasteiger partial charge is 0.162 e. The maximum atomic E-state index is 10.1. The van der Waals surface area contributed by atoms with Gasteiger partial charge in [0, 0.05) is 18.7 Å². The predicted molar refractivity (Wildman–Crippen MR) is 77.6 cm³/mol. The van der Waals surface area contributed by atoms with E-state index < -0.39 is 0 Å². The monoisotopic (exact) mass is 263 g/mol. The van der Waals surface area contributed by atoms with Crippen molar-refractivity contribution < 1.29 is 9.84 Å². The topological polar surface area (TPSA) is 41.5 Å². The number of benzene rings is 1. The number of aromatic hydroxyl groups is 1. The third-order valence-corrected chi connectivity index (χ3v) is 4.06. The average molecular weight is 263 g/mol. The number of para-hydroxylation sites is 1. The first kappa shape index (κ1) is 14.2. The van der Waals surface area contributed by atoms with Crippen molar-refractivity contribution in [3.05, 3.63) is 23.8 Å². The third-order valence-electron chi connectivity index (χ3n) is 4.06. The SMILES string of the molecule is CCOc1cccc(CNCC2(C)CCCC2)c1O. The highest BCUT2D eigenvalue weighted by atomic mass is 16.5. The third kappa shape index (κ3) is 3.63. The van der Waals surface area contributed by atoms with Crippen molar-refractivity contribution in [3.8, 4) is 11.5 Å². The first-order chi connectivity index (χ1) is 9.14. The number of phenols is 1. The molecule has 1 aliphatic carbocycles. The van der Waals surface area contributed by atoms with Crippen LogP contribution in [0.25, 0.3) is 0 Å². The lowest BCUT2D eigenvalue weighted by molar-refractivity contribution is 0.307. The summed E-state index contributed by atoms with van der Waals surface area (Å²) in [5.74, 6) is 0.849. The van der Waals surface area contributed by atoms with Crippen molar-refractivity contribution in [2.24, 2.45) is 5.41 Å². The van der Waals surface area contributed by atoms with Gasteiger partial charge in [-0.25, -0.2) is 0 Å². The van der Waals surface area contributed by atoms with Crippen molar-refractivity contribution in [3.63, 3.8) is 0 Å². The van der Waals surface area contributed by atoms with E-state index in [1.807, 2.05) is 19.1 Å². The van der Waals surface area contributed by atoms with Crippen LogP contribution >= 0.6 is 0 Å². The molecule has 0 heterocycles. The molecule has 3 nitrogen and oxygen atoms in total. The molecule has 19 heavy (non-hydrogen) atoms. The van der Waals surface area contributed by atoms with Crippen LogP contribution in [0.5, 0.6) is 11.5 Å². The maximum absolute atomic E-state index is 10.1. The van der Waals surface area contributed by atoms with Gasteiger partial charge < -0.3 is 15.2 Å². The van der Waals surface area contributed by atoms with Crippen LogP contribution in [0.2, 0.25) is 0 Å². The minimum absolute atomic E-state index is 0.272. The molecule has 1 fully saturated rings. The van der Waals surface area contributed by atoms with E-state index in [0.717, 1.165) is 12.1 Å². The van der Waals surface area contributed by atoms with Crippen LogP contribution in [0, 0.1) is 5.41 Å². The second-order valence-electron chi connectivity index (χ2n) is 5.82. The molecule has 0 saturated heterocycles. The summed E-state index contributed by atoms with van der Waals surface area (Å²) in [6.45, 7) is 6.56. The van der Waals surface area contributed by atoms with Crippen molar-refractivity contribution in [1.82, 2.24) is 5.32 Å². The van der Waals surface area contributed by atoms with E-state index in [4.69, 9.17) is 4.74 Å². The van der Waals surface area contributed by atoms with Crippen LogP contribution in [0.4, 0.5) is 0 Å². The molecule has 3 heteroatoms. The van der Waals surface area contributed by atoms with Gasteiger partial charge in [-0.2, -0.15) is 0 Å². The number of hydrogen-bond acceptors (Lipinski definition) is 3. The quantitative estimate of drug-likeness (QED) is 0.826. The molecule has 106 valence electrons. The summed E-state index contributed by atoms with van der Waals surface area (Å²) in [7, 11) is 0. The molecule has 0 aliphatic heterocycles. The molecule has 0 bridgehead atoms. The summed E-state index contributed by atoms with van der Waals surface area (Å²) in [4.78, 5) is 0. The lowest BCUT2D eigenvalue weighted by atomic mass is 9.89. The Morgan fingerprint density at radius 3 is 2.74 bits per heavy atom. The number of rotatable bonds is 6. The van der Waals surface area contributed by atoms with E-state index >= 15 is 0 Å². The minimum atomic E-state index is 0.272. The van der Waals surface area contributed by atoms with Crippen LogP contribution in [0.1, 0.15) is 45.1 Å². The summed E-state index contributed by atoms with van der Waals surface area (Å²) in [6, 6.07) is 5.68. The van der Waals surface area contributed by atoms with Gasteiger partial charge >= 0.3 is 0 Å². The molecule has 2 rings (SSSR count). The maximum Gasteiger partial charge on any atom is 0.162 e. The largest absolute Gasteiger partial charge is 0.504 e. The van der Waals surface area contributed by atoms with Gasteiger partial charge in [-0.15, -0.1) is 0 Å². The van der Waals surface area contributed by atoms with E-state index in [2.05, 4.69) is 12.2 Å². The van der Waals surface area contributed by atoms with E-state index in [1.54, 1.807) is 6.07 Å². The van der Waals surface area contributed by atoms with E-state index in [-0.39, 0.29) is 5.75 Å². The van der Waals surface area contributed by atoms with Crippen molar-refractivity contribution in [2.45, 2.75) is 46.1 Å². The summed E-state index contributed by atoms with van der Waals surface area (Å²) in [5.41, 5.74) is 1.35. The van der Waals surface area contributed by atoms with Gasteiger partial charge in [0.1, 0.15) is 0 Å². The Morgan fingerprint density at radius 2 is 2.05 bits per heavy atom. The molecule has 1 aromatic carbocycles. The van der Waals surface area contributed by atoms with Gasteiger partial charge in [0.25, 0.3) is 0 Å². The van der Waals surface area contributed by atoms with Crippen LogP contribution in [-0.4, -0.2) is 18.3 Å². The first-order valence-corrected chi connectivity index (χ1v) is 7.29. The van der Waals surface area contributed by atoms with Gasteiger partial charge in [-0.1, -0.05) is 31.9 Å². The van der Waals surface area contributed by atoms with Crippen molar-refractivity contribution in [2.75, 3.05) is 13.2 Å². The molecule has 2 N–H and O–H groups in total. The summed E-state index contributed by atoms with van der Waals surface area (Å²) < 4.78 is 5.40. The fourth-order valence-corrected chi connectivity index (χ4v) is 2.89. The summed E-state index contributed by atoms with van der Waals surface area (Å²) in [6.07, 6.45) is 5.32. The Bertz CT molecular complexity index is 411. The minimum Gasteiger partial charge on any atom is -0.504 e. The van der Waals surface area contributed by atoms with E-state index in [1.165, 1.54) is 25.7 Å². The Labute approximate surface area is 116 Å². The second kappa shape index (κ2) is 6.29. The molecule has 0 atom stereocenters. The van der Waals surface area contributed by atoms with E-state index in [0.29, 0.717) is 24.3 Å². The summed E-state index contributed by atoms with van der Waals surface area (Å²) >= 11 is 0. The molecular formula is C16H25NO2. The zero-order chi connectivity index (χ0) is 13.7. The number of phenolic OH excluding ortho intramolecular Hbond substituents is 1. The van der Waals surface area contributed by atoms with Crippen LogP contribution < -0.4 is 10.1 Å². The zero-order valence-corrected chi connectivity index (χ0v) is 12.0. The summed E-state index contributed by atoms with van der Waals surface area (Å²) in [5, 5.41) is 13.6. The first-order valence-electron chi connectivity index (χ1n) is 7.29. The highest BCUT2D eigenvalue weighted by Gasteiger charge is 2.27. The molecule has 0 amide bonds. The van der Waals surface area contributed by atoms with Gasteiger partial charge in [0.05, 0.1) is 6.61 Å². The highest BCUT2D eigenvalue weighted by Crippen LogP contribution is 2.37. The number of nitrogens with one attached hydrogen (secondary N) is 1. The zero-order valence-electron chi connectivity index (χ0n) is 12.0. The highest BCUT2D eigenvalue weighted by molar-refractivity contribution is 5.45. The lowest BCUT2D eigenvalue weighted by Crippen LogP contribution is -2.29. The predicted octanol–water partition coefficient (Wildman–Crippen LogP) is 3.46. The van der Waals surface area contributed by atoms with Crippen LogP contribution in [-0.2, 0) is 6.54 Å². The van der Waals surface area contributed by atoms with Crippen LogP contribution in [0.3, 0.4) is 0 Å². The molecule has 0 radical (unpaired) electrons. The fraction of sp³-hybridized carbons (Fsp3) is 0.625. The molecular weight excluding hydrogens is 238 g/mol. The van der Waals surface area contributed by atoms with Gasteiger partial charge in [-0.3, -0.25) is 0 Å². The molecule has 0 spiro atoms. The fourth-order valence-electron chi connectivity index (χ4n) is 2.89. The van der Waals surface area contributed by atoms with Crippen LogP contribution in [0.15, 0.2) is 18.2 Å². The molecule has 0 aromatic heterocycles. The molecule has 1 aromatic rings. The molecule has 0 unspecified atom stereocenters. The average Bonchev–Trinajstić information content (AvgIpc) is 2.81. The normalized spacial score (nSPS) is 17.6. The Balaban J connectivity index is 1.90. The number of ether oxygens (including phenoxy) is 1. The second-order valence-corrected chi connectivity index (χ2v) is 5.82. The van der Waals surface area contributed by atoms with E-state index in [9.17, 15) is 5.11 Å². The van der Waals surface area contributed by atoms with Crippen molar-refractivity contribution in [1.29, 1.82) is 0 Å². The number of hydrogen-bond donors (Lipinski definition) is 2. The van der Waals surface area contributed by atoms with Gasteiger partial charge in [0.2, 0.25) is 0 Å². The Hall–Kier alpha value is -1.22. The standard InChI is InChI=1S/C16H25NO2/c1-3-19-14-8-6-7-13(15(14)18)11-17-12-16(2)9-4-5-10-16/h6-8,17-18H,3-5,9-12H2,1-2H3. The van der Waals surface area contributed by atoms with Gasteiger partial charge in [-0.05, 0) is 31.2 Å².